The Morgan fingerprint density at radius 1 is 1.14 bits per heavy atom. The molecular formula is C17H17NO3S. The summed E-state index contributed by atoms with van der Waals surface area (Å²) in [6.45, 7) is 5.36. The fourth-order valence-electron chi connectivity index (χ4n) is 2.12. The maximum Gasteiger partial charge on any atom is 0.255 e. The third-order valence-corrected chi connectivity index (χ3v) is 4.50. The molecule has 0 atom stereocenters. The molecule has 0 aliphatic rings. The Balaban J connectivity index is 2.21. The Hall–Kier alpha value is -2.40. The van der Waals surface area contributed by atoms with Crippen molar-refractivity contribution in [2.45, 2.75) is 11.8 Å². The summed E-state index contributed by atoms with van der Waals surface area (Å²) in [6, 6.07) is 11.8. The topological polar surface area (TPSA) is 63.2 Å². The van der Waals surface area contributed by atoms with Crippen molar-refractivity contribution in [3.8, 4) is 0 Å². The highest BCUT2D eigenvalue weighted by molar-refractivity contribution is 7.90. The highest BCUT2D eigenvalue weighted by Gasteiger charge is 2.12. The van der Waals surface area contributed by atoms with Crippen molar-refractivity contribution in [1.82, 2.24) is 0 Å². The lowest BCUT2D eigenvalue weighted by Crippen LogP contribution is -2.12. The van der Waals surface area contributed by atoms with E-state index in [0.717, 1.165) is 11.8 Å². The number of rotatable bonds is 4. The lowest BCUT2D eigenvalue weighted by Gasteiger charge is -2.09. The number of carbonyl (C=O) groups excluding carboxylic acids is 1. The molecule has 5 heteroatoms. The van der Waals surface area contributed by atoms with E-state index < -0.39 is 9.84 Å². The van der Waals surface area contributed by atoms with E-state index in [2.05, 4.69) is 11.9 Å². The number of hydrogen-bond donors (Lipinski definition) is 1. The molecule has 0 aromatic heterocycles. The number of carbonyl (C=O) groups is 1. The van der Waals surface area contributed by atoms with Crippen LogP contribution in [-0.4, -0.2) is 20.6 Å². The first kappa shape index (κ1) is 16.0. The molecule has 0 spiro atoms. The third-order valence-electron chi connectivity index (χ3n) is 3.24. The molecule has 0 heterocycles. The zero-order chi connectivity index (χ0) is 16.3. The van der Waals surface area contributed by atoms with Gasteiger partial charge in [0.05, 0.1) is 4.90 Å². The van der Waals surface area contributed by atoms with E-state index in [9.17, 15) is 13.2 Å². The van der Waals surface area contributed by atoms with Crippen LogP contribution in [0.25, 0.3) is 6.08 Å². The number of amides is 1. The van der Waals surface area contributed by atoms with E-state index in [0.29, 0.717) is 16.8 Å². The van der Waals surface area contributed by atoms with Crippen molar-refractivity contribution in [3.63, 3.8) is 0 Å². The highest BCUT2D eigenvalue weighted by atomic mass is 32.2. The van der Waals surface area contributed by atoms with Crippen LogP contribution in [0.2, 0.25) is 0 Å². The summed E-state index contributed by atoms with van der Waals surface area (Å²) in [5.41, 5.74) is 2.62. The van der Waals surface area contributed by atoms with E-state index in [-0.39, 0.29) is 10.8 Å². The number of sulfone groups is 1. The molecule has 0 bridgehead atoms. The van der Waals surface area contributed by atoms with Gasteiger partial charge in [-0.25, -0.2) is 8.42 Å². The van der Waals surface area contributed by atoms with Crippen molar-refractivity contribution in [3.05, 3.63) is 65.7 Å². The Morgan fingerprint density at radius 3 is 2.27 bits per heavy atom. The standard InChI is InChI=1S/C17H17NO3S/c1-4-13-5-7-14(8-6-13)17(19)18-15-9-10-16(12(2)11-15)22(3,20)21/h4-11H,1H2,2-3H3,(H,18,19). The predicted molar refractivity (Wildman–Crippen MR) is 88.8 cm³/mol. The molecule has 0 radical (unpaired) electrons. The molecule has 0 fully saturated rings. The second-order valence-corrected chi connectivity index (χ2v) is 7.02. The summed E-state index contributed by atoms with van der Waals surface area (Å²) >= 11 is 0. The Morgan fingerprint density at radius 2 is 1.77 bits per heavy atom. The first-order chi connectivity index (χ1) is 10.3. The molecule has 4 nitrogen and oxygen atoms in total. The van der Waals surface area contributed by atoms with Crippen LogP contribution in [0, 0.1) is 6.92 Å². The average molecular weight is 315 g/mol. The van der Waals surface area contributed by atoms with Gasteiger partial charge in [0.25, 0.3) is 5.91 Å². The molecule has 2 rings (SSSR count). The van der Waals surface area contributed by atoms with E-state index in [1.54, 1.807) is 49.4 Å². The molecule has 0 saturated heterocycles. The van der Waals surface area contributed by atoms with Gasteiger partial charge in [-0.05, 0) is 48.4 Å². The first-order valence-electron chi connectivity index (χ1n) is 6.66. The van der Waals surface area contributed by atoms with E-state index >= 15 is 0 Å². The minimum Gasteiger partial charge on any atom is -0.322 e. The molecule has 0 aliphatic heterocycles. The van der Waals surface area contributed by atoms with Gasteiger partial charge in [-0.15, -0.1) is 0 Å². The lowest BCUT2D eigenvalue weighted by atomic mass is 10.1. The Labute approximate surface area is 130 Å². The number of aryl methyl sites for hydroxylation is 1. The predicted octanol–water partition coefficient (Wildman–Crippen LogP) is 3.29. The summed E-state index contributed by atoms with van der Waals surface area (Å²) in [6.07, 6.45) is 2.86. The van der Waals surface area contributed by atoms with Crippen molar-refractivity contribution in [2.24, 2.45) is 0 Å². The van der Waals surface area contributed by atoms with Gasteiger partial charge in [0.2, 0.25) is 0 Å². The maximum atomic E-state index is 12.2. The van der Waals surface area contributed by atoms with Gasteiger partial charge in [-0.3, -0.25) is 4.79 Å². The van der Waals surface area contributed by atoms with Crippen LogP contribution < -0.4 is 5.32 Å². The smallest absolute Gasteiger partial charge is 0.255 e. The number of anilines is 1. The second-order valence-electron chi connectivity index (χ2n) is 5.03. The minimum atomic E-state index is -3.26. The monoisotopic (exact) mass is 315 g/mol. The molecule has 114 valence electrons. The Bertz CT molecular complexity index is 821. The molecule has 1 amide bonds. The summed E-state index contributed by atoms with van der Waals surface area (Å²) in [4.78, 5) is 12.4. The molecule has 1 N–H and O–H groups in total. The molecule has 2 aromatic rings. The van der Waals surface area contributed by atoms with E-state index in [1.807, 2.05) is 0 Å². The molecular weight excluding hydrogens is 298 g/mol. The van der Waals surface area contributed by atoms with Crippen LogP contribution in [0.1, 0.15) is 21.5 Å². The quantitative estimate of drug-likeness (QED) is 0.941. The molecule has 0 unspecified atom stereocenters. The zero-order valence-electron chi connectivity index (χ0n) is 12.5. The van der Waals surface area contributed by atoms with Crippen LogP contribution >= 0.6 is 0 Å². The zero-order valence-corrected chi connectivity index (χ0v) is 13.3. The maximum absolute atomic E-state index is 12.2. The number of hydrogen-bond acceptors (Lipinski definition) is 3. The van der Waals surface area contributed by atoms with Crippen LogP contribution in [-0.2, 0) is 9.84 Å². The highest BCUT2D eigenvalue weighted by Crippen LogP contribution is 2.20. The van der Waals surface area contributed by atoms with E-state index in [1.165, 1.54) is 6.07 Å². The number of nitrogens with one attached hydrogen (secondary N) is 1. The van der Waals surface area contributed by atoms with Gasteiger partial charge in [-0.2, -0.15) is 0 Å². The van der Waals surface area contributed by atoms with Crippen molar-refractivity contribution in [2.75, 3.05) is 11.6 Å². The van der Waals surface area contributed by atoms with Gasteiger partial charge < -0.3 is 5.32 Å². The van der Waals surface area contributed by atoms with Gasteiger partial charge in [-0.1, -0.05) is 24.8 Å². The summed E-state index contributed by atoms with van der Waals surface area (Å²) < 4.78 is 23.1. The van der Waals surface area contributed by atoms with Crippen molar-refractivity contribution >= 4 is 27.5 Å². The Kier molecular flexibility index (Phi) is 4.47. The molecule has 0 saturated carbocycles. The van der Waals surface area contributed by atoms with Crippen LogP contribution in [0.5, 0.6) is 0 Å². The summed E-state index contributed by atoms with van der Waals surface area (Å²) in [5.74, 6) is -0.248. The van der Waals surface area contributed by atoms with E-state index in [4.69, 9.17) is 0 Å². The van der Waals surface area contributed by atoms with Crippen molar-refractivity contribution in [1.29, 1.82) is 0 Å². The number of benzene rings is 2. The molecule has 0 aliphatic carbocycles. The first-order valence-corrected chi connectivity index (χ1v) is 8.55. The van der Waals surface area contributed by atoms with Gasteiger partial charge >= 0.3 is 0 Å². The minimum absolute atomic E-state index is 0.248. The normalized spacial score (nSPS) is 11.0. The van der Waals surface area contributed by atoms with Crippen molar-refractivity contribution < 1.29 is 13.2 Å². The molecule has 2 aromatic carbocycles. The second kappa shape index (κ2) is 6.15. The molecule has 22 heavy (non-hydrogen) atoms. The largest absolute Gasteiger partial charge is 0.322 e. The lowest BCUT2D eigenvalue weighted by molar-refractivity contribution is 0.102. The van der Waals surface area contributed by atoms with Crippen LogP contribution in [0.15, 0.2) is 53.9 Å². The fraction of sp³-hybridized carbons (Fsp3) is 0.118. The van der Waals surface area contributed by atoms with Gasteiger partial charge in [0, 0.05) is 17.5 Å². The fourth-order valence-corrected chi connectivity index (χ4v) is 3.08. The third kappa shape index (κ3) is 3.62. The SMILES string of the molecule is C=Cc1ccc(C(=O)Nc2ccc(S(C)(=O)=O)c(C)c2)cc1. The van der Waals surface area contributed by atoms with Gasteiger partial charge in [0.1, 0.15) is 0 Å². The summed E-state index contributed by atoms with van der Waals surface area (Å²) in [7, 11) is -3.26. The summed E-state index contributed by atoms with van der Waals surface area (Å²) in [5, 5.41) is 2.76. The average Bonchev–Trinajstić information content (AvgIpc) is 2.46. The van der Waals surface area contributed by atoms with Crippen LogP contribution in [0.4, 0.5) is 5.69 Å². The van der Waals surface area contributed by atoms with Crippen LogP contribution in [0.3, 0.4) is 0 Å². The van der Waals surface area contributed by atoms with Gasteiger partial charge in [0.15, 0.2) is 9.84 Å².